The molecule has 2 aromatic rings. The number of thioether (sulfide) groups is 1. The van der Waals surface area contributed by atoms with Gasteiger partial charge in [0.25, 0.3) is 0 Å². The van der Waals surface area contributed by atoms with Gasteiger partial charge < -0.3 is 14.2 Å². The monoisotopic (exact) mass is 422 g/mol. The molecular formula is C20H27ClN4O2S. The first-order chi connectivity index (χ1) is 13.3. The number of nitrogens with zero attached hydrogens (tertiary/aromatic N) is 4. The van der Waals surface area contributed by atoms with E-state index in [1.807, 2.05) is 35.6 Å². The van der Waals surface area contributed by atoms with Crippen LogP contribution in [0.15, 0.2) is 29.4 Å². The van der Waals surface area contributed by atoms with Crippen LogP contribution in [-0.4, -0.2) is 43.9 Å². The molecule has 0 saturated carbocycles. The number of halogens is 1. The van der Waals surface area contributed by atoms with E-state index >= 15 is 0 Å². The smallest absolute Gasteiger partial charge is 0.235 e. The van der Waals surface area contributed by atoms with Gasteiger partial charge in [-0.1, -0.05) is 37.2 Å². The van der Waals surface area contributed by atoms with Gasteiger partial charge in [0.05, 0.1) is 5.25 Å². The highest BCUT2D eigenvalue weighted by Crippen LogP contribution is 2.27. The topological polar surface area (TPSA) is 60.3 Å². The molecule has 28 heavy (non-hydrogen) atoms. The Morgan fingerprint density at radius 2 is 1.89 bits per heavy atom. The predicted octanol–water partition coefficient (Wildman–Crippen LogP) is 4.03. The molecule has 8 heteroatoms. The van der Waals surface area contributed by atoms with E-state index in [2.05, 4.69) is 24.0 Å². The van der Waals surface area contributed by atoms with E-state index in [1.165, 1.54) is 18.2 Å². The number of piperidine rings is 1. The van der Waals surface area contributed by atoms with E-state index < -0.39 is 0 Å². The summed E-state index contributed by atoms with van der Waals surface area (Å²) in [6.07, 6.45) is 1.19. The van der Waals surface area contributed by atoms with Crippen LogP contribution in [0.4, 0.5) is 0 Å². The molecule has 1 amide bonds. The van der Waals surface area contributed by atoms with Crippen LogP contribution < -0.4 is 4.74 Å². The number of ether oxygens (including phenoxy) is 1. The molecule has 152 valence electrons. The van der Waals surface area contributed by atoms with Crippen LogP contribution in [0.3, 0.4) is 0 Å². The number of hydrogen-bond donors (Lipinski definition) is 0. The quantitative estimate of drug-likeness (QED) is 0.657. The van der Waals surface area contributed by atoms with Crippen molar-refractivity contribution in [2.24, 2.45) is 18.9 Å². The number of benzene rings is 1. The molecular weight excluding hydrogens is 396 g/mol. The molecule has 1 aromatic carbocycles. The van der Waals surface area contributed by atoms with E-state index in [-0.39, 0.29) is 11.2 Å². The maximum atomic E-state index is 12.9. The van der Waals surface area contributed by atoms with Crippen molar-refractivity contribution in [3.63, 3.8) is 0 Å². The highest BCUT2D eigenvalue weighted by Gasteiger charge is 2.29. The van der Waals surface area contributed by atoms with Crippen LogP contribution in [0.1, 0.15) is 33.0 Å². The summed E-state index contributed by atoms with van der Waals surface area (Å²) in [5, 5.41) is 9.64. The summed E-state index contributed by atoms with van der Waals surface area (Å²) < 4.78 is 7.63. The minimum Gasteiger partial charge on any atom is -0.486 e. The largest absolute Gasteiger partial charge is 0.486 e. The maximum Gasteiger partial charge on any atom is 0.235 e. The van der Waals surface area contributed by atoms with Gasteiger partial charge in [0.15, 0.2) is 11.0 Å². The molecule has 3 unspecified atom stereocenters. The van der Waals surface area contributed by atoms with Crippen molar-refractivity contribution < 1.29 is 9.53 Å². The first-order valence-corrected chi connectivity index (χ1v) is 10.8. The summed E-state index contributed by atoms with van der Waals surface area (Å²) in [6.45, 7) is 8.34. The third kappa shape index (κ3) is 5.20. The lowest BCUT2D eigenvalue weighted by Gasteiger charge is -2.36. The fourth-order valence-electron chi connectivity index (χ4n) is 3.56. The molecule has 2 heterocycles. The standard InChI is InChI=1S/C20H27ClN4O2S/c1-13-9-14(2)11-25(10-13)19(26)15(3)28-20-23-22-18(24(20)4)12-27-17-7-5-16(21)6-8-17/h5-8,13-15H,9-12H2,1-4H3. The zero-order valence-electron chi connectivity index (χ0n) is 16.8. The normalized spacial score (nSPS) is 20.8. The fraction of sp³-hybridized carbons (Fsp3) is 0.550. The lowest BCUT2D eigenvalue weighted by atomic mass is 9.92. The van der Waals surface area contributed by atoms with Crippen molar-refractivity contribution >= 4 is 29.3 Å². The van der Waals surface area contributed by atoms with Gasteiger partial charge in [0.1, 0.15) is 12.4 Å². The second kappa shape index (κ2) is 9.18. The molecule has 1 fully saturated rings. The van der Waals surface area contributed by atoms with Crippen molar-refractivity contribution in [3.8, 4) is 5.75 Å². The van der Waals surface area contributed by atoms with Crippen LogP contribution in [-0.2, 0) is 18.4 Å². The van der Waals surface area contributed by atoms with Crippen molar-refractivity contribution in [1.29, 1.82) is 0 Å². The third-order valence-corrected chi connectivity index (χ3v) is 6.29. The third-order valence-electron chi connectivity index (χ3n) is 4.92. The molecule has 1 aliphatic rings. The SMILES string of the molecule is CC1CC(C)CN(C(=O)C(C)Sc2nnc(COc3ccc(Cl)cc3)n2C)C1. The Kier molecular flexibility index (Phi) is 6.88. The Balaban J connectivity index is 1.58. The minimum absolute atomic E-state index is 0.172. The van der Waals surface area contributed by atoms with Gasteiger partial charge in [-0.25, -0.2) is 0 Å². The predicted molar refractivity (Wildman–Crippen MR) is 112 cm³/mol. The summed E-state index contributed by atoms with van der Waals surface area (Å²) in [5.74, 6) is 2.70. The molecule has 3 rings (SSSR count). The Morgan fingerprint density at radius 3 is 2.54 bits per heavy atom. The highest BCUT2D eigenvalue weighted by atomic mass is 35.5. The van der Waals surface area contributed by atoms with Gasteiger partial charge in [0.2, 0.25) is 5.91 Å². The average Bonchev–Trinajstić information content (AvgIpc) is 2.99. The summed E-state index contributed by atoms with van der Waals surface area (Å²) in [4.78, 5) is 14.9. The summed E-state index contributed by atoms with van der Waals surface area (Å²) in [7, 11) is 1.89. The van der Waals surface area contributed by atoms with Gasteiger partial charge in [-0.3, -0.25) is 4.79 Å². The van der Waals surface area contributed by atoms with E-state index in [1.54, 1.807) is 12.1 Å². The van der Waals surface area contributed by atoms with Crippen LogP contribution in [0.25, 0.3) is 0 Å². The zero-order valence-corrected chi connectivity index (χ0v) is 18.3. The van der Waals surface area contributed by atoms with E-state index in [0.29, 0.717) is 34.4 Å². The number of aromatic nitrogens is 3. The summed E-state index contributed by atoms with van der Waals surface area (Å²) >= 11 is 7.33. The van der Waals surface area contributed by atoms with Gasteiger partial charge in [-0.05, 0) is 49.4 Å². The summed E-state index contributed by atoms with van der Waals surface area (Å²) in [6, 6.07) is 7.19. The lowest BCUT2D eigenvalue weighted by molar-refractivity contribution is -0.132. The molecule has 0 N–H and O–H groups in total. The molecule has 0 bridgehead atoms. The van der Waals surface area contributed by atoms with Crippen molar-refractivity contribution in [1.82, 2.24) is 19.7 Å². The van der Waals surface area contributed by atoms with E-state index in [9.17, 15) is 4.79 Å². The first-order valence-electron chi connectivity index (χ1n) is 9.55. The molecule has 1 aliphatic heterocycles. The molecule has 3 atom stereocenters. The van der Waals surface area contributed by atoms with Gasteiger partial charge >= 0.3 is 0 Å². The molecule has 0 radical (unpaired) electrons. The van der Waals surface area contributed by atoms with Crippen LogP contribution in [0.2, 0.25) is 5.02 Å². The Hall–Kier alpha value is -1.73. The zero-order chi connectivity index (χ0) is 20.3. The van der Waals surface area contributed by atoms with Crippen molar-refractivity contribution in [2.75, 3.05) is 13.1 Å². The van der Waals surface area contributed by atoms with Crippen LogP contribution in [0, 0.1) is 11.8 Å². The van der Waals surface area contributed by atoms with E-state index in [4.69, 9.17) is 16.3 Å². The number of hydrogen-bond acceptors (Lipinski definition) is 5. The number of carbonyl (C=O) groups excluding carboxylic acids is 1. The number of rotatable bonds is 6. The fourth-order valence-corrected chi connectivity index (χ4v) is 4.60. The Bertz CT molecular complexity index is 801. The number of likely N-dealkylation sites (tertiary alicyclic amines) is 1. The van der Waals surface area contributed by atoms with Crippen LogP contribution >= 0.6 is 23.4 Å². The van der Waals surface area contributed by atoms with Crippen LogP contribution in [0.5, 0.6) is 5.75 Å². The molecule has 0 aliphatic carbocycles. The Labute approximate surface area is 175 Å². The molecule has 6 nitrogen and oxygen atoms in total. The maximum absolute atomic E-state index is 12.9. The van der Waals surface area contributed by atoms with E-state index in [0.717, 1.165) is 18.8 Å². The minimum atomic E-state index is -0.203. The van der Waals surface area contributed by atoms with Crippen molar-refractivity contribution in [2.45, 2.75) is 44.2 Å². The van der Waals surface area contributed by atoms with Crippen molar-refractivity contribution in [3.05, 3.63) is 35.1 Å². The molecule has 1 saturated heterocycles. The lowest BCUT2D eigenvalue weighted by Crippen LogP contribution is -2.45. The second-order valence-corrected chi connectivity index (χ2v) is 9.39. The second-order valence-electron chi connectivity index (χ2n) is 7.65. The summed E-state index contributed by atoms with van der Waals surface area (Å²) in [5.41, 5.74) is 0. The molecule has 1 aromatic heterocycles. The van der Waals surface area contributed by atoms with Gasteiger partial charge in [-0.2, -0.15) is 0 Å². The molecule has 0 spiro atoms. The highest BCUT2D eigenvalue weighted by molar-refractivity contribution is 8.00. The Morgan fingerprint density at radius 1 is 1.25 bits per heavy atom. The number of amides is 1. The first kappa shape index (κ1) is 21.0. The van der Waals surface area contributed by atoms with Gasteiger partial charge in [0, 0.05) is 25.2 Å². The average molecular weight is 423 g/mol. The number of carbonyl (C=O) groups is 1. The van der Waals surface area contributed by atoms with Gasteiger partial charge in [-0.15, -0.1) is 10.2 Å².